The first-order valence-corrected chi connectivity index (χ1v) is 7.15. The lowest BCUT2D eigenvalue weighted by Gasteiger charge is -2.06. The highest BCUT2D eigenvalue weighted by Crippen LogP contribution is 2.18. The summed E-state index contributed by atoms with van der Waals surface area (Å²) < 4.78 is 7.70. The summed E-state index contributed by atoms with van der Waals surface area (Å²) >= 11 is 5.62. The van der Waals surface area contributed by atoms with Crippen molar-refractivity contribution in [3.63, 3.8) is 0 Å². The first-order valence-electron chi connectivity index (χ1n) is 6.61. The molecule has 1 aromatic heterocycles. The summed E-state index contributed by atoms with van der Waals surface area (Å²) in [6, 6.07) is 7.77. The van der Waals surface area contributed by atoms with Gasteiger partial charge < -0.3 is 4.74 Å². The van der Waals surface area contributed by atoms with Crippen molar-refractivity contribution in [3.8, 4) is 17.6 Å². The number of aryl methyl sites for hydroxylation is 1. The van der Waals surface area contributed by atoms with Crippen LogP contribution in [0.1, 0.15) is 24.5 Å². The Hall–Kier alpha value is -1.92. The van der Waals surface area contributed by atoms with Crippen LogP contribution in [0.5, 0.6) is 5.75 Å². The van der Waals surface area contributed by atoms with Crippen LogP contribution in [-0.2, 0) is 13.2 Å². The summed E-state index contributed by atoms with van der Waals surface area (Å²) in [4.78, 5) is 0. The number of rotatable bonds is 5. The van der Waals surface area contributed by atoms with E-state index >= 15 is 0 Å². The number of aromatic nitrogens is 2. The summed E-state index contributed by atoms with van der Waals surface area (Å²) in [5.74, 6) is 7.45. The molecule has 0 bridgehead atoms. The Balaban J connectivity index is 2.04. The van der Waals surface area contributed by atoms with Gasteiger partial charge in [-0.3, -0.25) is 4.68 Å². The summed E-state index contributed by atoms with van der Waals surface area (Å²) in [5.41, 5.74) is 1.94. The van der Waals surface area contributed by atoms with Crippen LogP contribution < -0.4 is 4.74 Å². The first-order chi connectivity index (χ1) is 9.83. The predicted molar refractivity (Wildman–Crippen MR) is 80.9 cm³/mol. The summed E-state index contributed by atoms with van der Waals surface area (Å²) in [7, 11) is 0. The molecule has 0 fully saturated rings. The van der Waals surface area contributed by atoms with Crippen LogP contribution in [0, 0.1) is 11.8 Å². The van der Waals surface area contributed by atoms with Gasteiger partial charge in [-0.2, -0.15) is 5.10 Å². The monoisotopic (exact) mass is 288 g/mol. The molecule has 0 aliphatic heterocycles. The van der Waals surface area contributed by atoms with Gasteiger partial charge in [0, 0.05) is 30.6 Å². The summed E-state index contributed by atoms with van der Waals surface area (Å²) in [6.07, 6.45) is 4.49. The van der Waals surface area contributed by atoms with Crippen molar-refractivity contribution >= 4 is 11.6 Å². The van der Waals surface area contributed by atoms with Crippen molar-refractivity contribution in [3.05, 3.63) is 47.8 Å². The fourth-order valence-electron chi connectivity index (χ4n) is 1.72. The summed E-state index contributed by atoms with van der Waals surface area (Å²) in [6.45, 7) is 3.41. The quantitative estimate of drug-likeness (QED) is 0.622. The van der Waals surface area contributed by atoms with E-state index in [4.69, 9.17) is 16.3 Å². The van der Waals surface area contributed by atoms with Crippen LogP contribution >= 0.6 is 11.6 Å². The number of para-hydroxylation sites is 1. The minimum atomic E-state index is 0.494. The second-order valence-electron chi connectivity index (χ2n) is 4.23. The lowest BCUT2D eigenvalue weighted by Crippen LogP contribution is -1.97. The van der Waals surface area contributed by atoms with E-state index in [1.54, 1.807) is 0 Å². The molecule has 0 atom stereocenters. The standard InChI is InChI=1S/C16H17ClN2O/c1-2-19-12-14(11-18-19)13-20-16-9-4-3-7-15(16)8-5-6-10-17/h3-4,7,9,11-12H,2,6,10,13H2,1H3. The fraction of sp³-hybridized carbons (Fsp3) is 0.312. The van der Waals surface area contributed by atoms with E-state index in [1.165, 1.54) is 0 Å². The highest BCUT2D eigenvalue weighted by Gasteiger charge is 2.02. The Bertz CT molecular complexity index is 610. The van der Waals surface area contributed by atoms with Crippen molar-refractivity contribution in [2.75, 3.05) is 5.88 Å². The van der Waals surface area contributed by atoms with E-state index in [9.17, 15) is 0 Å². The smallest absolute Gasteiger partial charge is 0.135 e. The van der Waals surface area contributed by atoms with Gasteiger partial charge in [-0.15, -0.1) is 11.6 Å². The van der Waals surface area contributed by atoms with Gasteiger partial charge in [0.1, 0.15) is 12.4 Å². The number of benzene rings is 1. The number of nitrogens with zero attached hydrogens (tertiary/aromatic N) is 2. The van der Waals surface area contributed by atoms with E-state index in [0.29, 0.717) is 18.9 Å². The van der Waals surface area contributed by atoms with Crippen LogP contribution in [0.4, 0.5) is 0 Å². The zero-order valence-corrected chi connectivity index (χ0v) is 12.2. The second kappa shape index (κ2) is 7.62. The van der Waals surface area contributed by atoms with Gasteiger partial charge in [-0.25, -0.2) is 0 Å². The number of alkyl halides is 1. The van der Waals surface area contributed by atoms with Crippen LogP contribution in [0.25, 0.3) is 0 Å². The fourth-order valence-corrected chi connectivity index (χ4v) is 1.81. The highest BCUT2D eigenvalue weighted by atomic mass is 35.5. The Morgan fingerprint density at radius 1 is 1.35 bits per heavy atom. The highest BCUT2D eigenvalue weighted by molar-refractivity contribution is 6.18. The number of ether oxygens (including phenoxy) is 1. The third-order valence-electron chi connectivity index (χ3n) is 2.73. The average Bonchev–Trinajstić information content (AvgIpc) is 2.94. The minimum Gasteiger partial charge on any atom is -0.487 e. The molecule has 4 heteroatoms. The molecule has 0 saturated heterocycles. The molecule has 0 aliphatic rings. The van der Waals surface area contributed by atoms with E-state index in [2.05, 4.69) is 23.9 Å². The van der Waals surface area contributed by atoms with Crippen LogP contribution in [0.15, 0.2) is 36.7 Å². The van der Waals surface area contributed by atoms with Gasteiger partial charge in [-0.05, 0) is 19.1 Å². The van der Waals surface area contributed by atoms with E-state index in [1.807, 2.05) is 41.3 Å². The Morgan fingerprint density at radius 3 is 2.95 bits per heavy atom. The molecule has 2 aromatic rings. The van der Waals surface area contributed by atoms with Gasteiger partial charge in [0.2, 0.25) is 0 Å². The zero-order chi connectivity index (χ0) is 14.2. The molecule has 1 heterocycles. The second-order valence-corrected chi connectivity index (χ2v) is 4.61. The molecule has 0 aliphatic carbocycles. The van der Waals surface area contributed by atoms with Crippen LogP contribution in [-0.4, -0.2) is 15.7 Å². The molecule has 2 rings (SSSR count). The predicted octanol–water partition coefficient (Wildman–Crippen LogP) is 3.46. The van der Waals surface area contributed by atoms with Crippen molar-refractivity contribution in [1.82, 2.24) is 9.78 Å². The normalized spacial score (nSPS) is 9.90. The largest absolute Gasteiger partial charge is 0.487 e. The third kappa shape index (κ3) is 4.04. The molecule has 0 N–H and O–H groups in total. The van der Waals surface area contributed by atoms with E-state index in [0.717, 1.165) is 23.4 Å². The lowest BCUT2D eigenvalue weighted by atomic mass is 10.2. The third-order valence-corrected chi connectivity index (χ3v) is 2.92. The molecule has 3 nitrogen and oxygen atoms in total. The Morgan fingerprint density at radius 2 is 2.20 bits per heavy atom. The molecule has 0 radical (unpaired) electrons. The number of halogens is 1. The molecular formula is C16H17ClN2O. The molecule has 20 heavy (non-hydrogen) atoms. The first kappa shape index (κ1) is 14.5. The van der Waals surface area contributed by atoms with Crippen LogP contribution in [0.3, 0.4) is 0 Å². The molecule has 0 amide bonds. The minimum absolute atomic E-state index is 0.494. The topological polar surface area (TPSA) is 27.1 Å². The van der Waals surface area contributed by atoms with Gasteiger partial charge in [0.15, 0.2) is 0 Å². The molecule has 1 aromatic carbocycles. The molecule has 0 unspecified atom stereocenters. The average molecular weight is 289 g/mol. The van der Waals surface area contributed by atoms with E-state index < -0.39 is 0 Å². The zero-order valence-electron chi connectivity index (χ0n) is 11.5. The maximum Gasteiger partial charge on any atom is 0.135 e. The van der Waals surface area contributed by atoms with Crippen molar-refractivity contribution in [2.45, 2.75) is 26.5 Å². The lowest BCUT2D eigenvalue weighted by molar-refractivity contribution is 0.305. The Kier molecular flexibility index (Phi) is 5.52. The van der Waals surface area contributed by atoms with Gasteiger partial charge in [-0.1, -0.05) is 24.0 Å². The molecule has 0 spiro atoms. The number of hydrogen-bond donors (Lipinski definition) is 0. The Labute approximate surface area is 124 Å². The van der Waals surface area contributed by atoms with Crippen molar-refractivity contribution < 1.29 is 4.74 Å². The maximum absolute atomic E-state index is 5.82. The van der Waals surface area contributed by atoms with Gasteiger partial charge in [0.25, 0.3) is 0 Å². The van der Waals surface area contributed by atoms with Crippen molar-refractivity contribution in [2.24, 2.45) is 0 Å². The molecule has 0 saturated carbocycles. The van der Waals surface area contributed by atoms with E-state index in [-0.39, 0.29) is 0 Å². The van der Waals surface area contributed by atoms with Crippen LogP contribution in [0.2, 0.25) is 0 Å². The van der Waals surface area contributed by atoms with Gasteiger partial charge >= 0.3 is 0 Å². The SMILES string of the molecule is CCn1cc(COc2ccccc2C#CCCCl)cn1. The van der Waals surface area contributed by atoms with Crippen molar-refractivity contribution in [1.29, 1.82) is 0 Å². The van der Waals surface area contributed by atoms with Gasteiger partial charge in [0.05, 0.1) is 11.8 Å². The maximum atomic E-state index is 5.82. The number of hydrogen-bond acceptors (Lipinski definition) is 2. The summed E-state index contributed by atoms with van der Waals surface area (Å²) in [5, 5.41) is 4.22. The molecular weight excluding hydrogens is 272 g/mol. The molecule has 104 valence electrons.